The lowest BCUT2D eigenvalue weighted by atomic mass is 10.0. The van der Waals surface area contributed by atoms with E-state index in [1.807, 2.05) is 41.6 Å². The Morgan fingerprint density at radius 2 is 2.03 bits per heavy atom. The monoisotopic (exact) mass is 403 g/mol. The maximum absolute atomic E-state index is 4.54. The average molecular weight is 404 g/mol. The van der Waals surface area contributed by atoms with E-state index in [2.05, 4.69) is 58.9 Å². The van der Waals surface area contributed by atoms with Gasteiger partial charge < -0.3 is 0 Å². The normalized spacial score (nSPS) is 17.1. The lowest BCUT2D eigenvalue weighted by molar-refractivity contribution is 0.166. The van der Waals surface area contributed by atoms with Crippen LogP contribution in [-0.4, -0.2) is 50.2 Å². The van der Waals surface area contributed by atoms with Crippen LogP contribution in [0.25, 0.3) is 5.69 Å². The largest absolute Gasteiger partial charge is 0.299 e. The number of likely N-dealkylation sites (N-methyl/N-ethyl adjacent to an activating group) is 1. The summed E-state index contributed by atoms with van der Waals surface area (Å²) in [7, 11) is 0. The van der Waals surface area contributed by atoms with Gasteiger partial charge in [-0.1, -0.05) is 30.7 Å². The molecular formula is C25H33N5. The van der Waals surface area contributed by atoms with Crippen molar-refractivity contribution in [2.75, 3.05) is 19.6 Å². The van der Waals surface area contributed by atoms with Gasteiger partial charge in [-0.05, 0) is 68.6 Å². The van der Waals surface area contributed by atoms with Gasteiger partial charge in [0.2, 0.25) is 0 Å². The van der Waals surface area contributed by atoms with Crippen molar-refractivity contribution in [1.82, 2.24) is 24.6 Å². The predicted octanol–water partition coefficient (Wildman–Crippen LogP) is 4.37. The van der Waals surface area contributed by atoms with Crippen molar-refractivity contribution in [1.29, 1.82) is 0 Å². The van der Waals surface area contributed by atoms with Crippen LogP contribution in [0.1, 0.15) is 42.0 Å². The highest BCUT2D eigenvalue weighted by atomic mass is 15.3. The molecule has 1 aliphatic heterocycles. The number of pyridine rings is 1. The SMILES string of the molecule is CCN1CCC[C@@H]1CN(Cc1cccnc1)Cc1cc(C)cc(C)c1-n1cccn1. The number of hydrogen-bond donors (Lipinski definition) is 0. The lowest BCUT2D eigenvalue weighted by Gasteiger charge is -2.31. The first kappa shape index (κ1) is 20.8. The van der Waals surface area contributed by atoms with E-state index in [0.717, 1.165) is 26.2 Å². The number of hydrogen-bond acceptors (Lipinski definition) is 4. The van der Waals surface area contributed by atoms with Crippen LogP contribution in [0.15, 0.2) is 55.1 Å². The Morgan fingerprint density at radius 3 is 2.77 bits per heavy atom. The van der Waals surface area contributed by atoms with Crippen LogP contribution in [0, 0.1) is 13.8 Å². The third-order valence-corrected chi connectivity index (χ3v) is 6.15. The molecule has 0 spiro atoms. The van der Waals surface area contributed by atoms with Crippen molar-refractivity contribution in [2.45, 2.75) is 52.7 Å². The molecule has 1 aliphatic rings. The van der Waals surface area contributed by atoms with Crippen molar-refractivity contribution in [2.24, 2.45) is 0 Å². The molecule has 158 valence electrons. The molecule has 30 heavy (non-hydrogen) atoms. The first-order valence-electron chi connectivity index (χ1n) is 11.1. The third-order valence-electron chi connectivity index (χ3n) is 6.15. The summed E-state index contributed by atoms with van der Waals surface area (Å²) < 4.78 is 2.01. The van der Waals surface area contributed by atoms with Gasteiger partial charge in [0.1, 0.15) is 0 Å². The Hall–Kier alpha value is -2.50. The molecule has 1 atom stereocenters. The molecule has 1 fully saturated rings. The maximum Gasteiger partial charge on any atom is 0.0719 e. The maximum atomic E-state index is 4.54. The Labute approximate surface area is 180 Å². The van der Waals surface area contributed by atoms with Crippen molar-refractivity contribution in [3.8, 4) is 5.69 Å². The van der Waals surface area contributed by atoms with Crippen molar-refractivity contribution in [3.05, 3.63) is 77.4 Å². The molecule has 0 N–H and O–H groups in total. The van der Waals surface area contributed by atoms with Gasteiger partial charge in [0.25, 0.3) is 0 Å². The van der Waals surface area contributed by atoms with Gasteiger partial charge in [-0.15, -0.1) is 0 Å². The highest BCUT2D eigenvalue weighted by Crippen LogP contribution is 2.25. The number of aromatic nitrogens is 3. The molecule has 3 aromatic rings. The van der Waals surface area contributed by atoms with E-state index in [1.165, 1.54) is 47.3 Å². The van der Waals surface area contributed by atoms with Crippen LogP contribution in [-0.2, 0) is 13.1 Å². The Bertz CT molecular complexity index is 936. The van der Waals surface area contributed by atoms with Crippen LogP contribution in [0.3, 0.4) is 0 Å². The fourth-order valence-electron chi connectivity index (χ4n) is 4.89. The number of rotatable bonds is 8. The molecule has 0 amide bonds. The molecule has 2 aromatic heterocycles. The van der Waals surface area contributed by atoms with Crippen LogP contribution in [0.4, 0.5) is 0 Å². The number of aryl methyl sites for hydroxylation is 2. The Balaban J connectivity index is 1.64. The lowest BCUT2D eigenvalue weighted by Crippen LogP contribution is -2.40. The molecule has 0 bridgehead atoms. The van der Waals surface area contributed by atoms with E-state index in [-0.39, 0.29) is 0 Å². The molecule has 0 radical (unpaired) electrons. The van der Waals surface area contributed by atoms with E-state index in [1.54, 1.807) is 0 Å². The van der Waals surface area contributed by atoms with E-state index >= 15 is 0 Å². The first-order chi connectivity index (χ1) is 14.6. The summed E-state index contributed by atoms with van der Waals surface area (Å²) in [5, 5.41) is 4.54. The van der Waals surface area contributed by atoms with Crippen molar-refractivity contribution >= 4 is 0 Å². The molecule has 0 saturated carbocycles. The second kappa shape index (κ2) is 9.54. The second-order valence-electron chi connectivity index (χ2n) is 8.50. The molecule has 5 nitrogen and oxygen atoms in total. The van der Waals surface area contributed by atoms with Gasteiger partial charge in [0.05, 0.1) is 5.69 Å². The Morgan fingerprint density at radius 1 is 1.13 bits per heavy atom. The molecular weight excluding hydrogens is 370 g/mol. The minimum atomic E-state index is 0.630. The van der Waals surface area contributed by atoms with Gasteiger partial charge in [0, 0.05) is 50.5 Å². The summed E-state index contributed by atoms with van der Waals surface area (Å²) in [6, 6.07) is 11.4. The minimum absolute atomic E-state index is 0.630. The fraction of sp³-hybridized carbons (Fsp3) is 0.440. The molecule has 1 aromatic carbocycles. The zero-order chi connectivity index (χ0) is 20.9. The highest BCUT2D eigenvalue weighted by molar-refractivity contribution is 5.49. The first-order valence-corrected chi connectivity index (χ1v) is 11.1. The molecule has 4 rings (SSSR count). The van der Waals surface area contributed by atoms with Crippen LogP contribution in [0.5, 0.6) is 0 Å². The topological polar surface area (TPSA) is 37.2 Å². The summed E-state index contributed by atoms with van der Waals surface area (Å²) >= 11 is 0. The number of likely N-dealkylation sites (tertiary alicyclic amines) is 1. The van der Waals surface area contributed by atoms with E-state index < -0.39 is 0 Å². The molecule has 0 unspecified atom stereocenters. The summed E-state index contributed by atoms with van der Waals surface area (Å²) in [6.45, 7) is 11.9. The van der Waals surface area contributed by atoms with E-state index in [9.17, 15) is 0 Å². The number of benzene rings is 1. The van der Waals surface area contributed by atoms with Crippen molar-refractivity contribution in [3.63, 3.8) is 0 Å². The summed E-state index contributed by atoms with van der Waals surface area (Å²) in [5.41, 5.74) is 6.38. The van der Waals surface area contributed by atoms with Crippen molar-refractivity contribution < 1.29 is 0 Å². The minimum Gasteiger partial charge on any atom is -0.299 e. The van der Waals surface area contributed by atoms with Gasteiger partial charge >= 0.3 is 0 Å². The zero-order valence-electron chi connectivity index (χ0n) is 18.5. The summed E-state index contributed by atoms with van der Waals surface area (Å²) in [6.07, 6.45) is 10.3. The summed E-state index contributed by atoms with van der Waals surface area (Å²) in [5.74, 6) is 0. The standard InChI is InChI=1S/C25H33N5/c1-4-29-12-6-9-24(29)19-28(17-22-8-5-10-26-16-22)18-23-15-20(2)14-21(3)25(23)30-13-7-11-27-30/h5,7-8,10-11,13-16,24H,4,6,9,12,17-19H2,1-3H3/t24-/m1/s1. The van der Waals surface area contributed by atoms with Gasteiger partial charge in [-0.3, -0.25) is 14.8 Å². The third kappa shape index (κ3) is 4.79. The van der Waals surface area contributed by atoms with Gasteiger partial charge in [-0.2, -0.15) is 5.10 Å². The summed E-state index contributed by atoms with van der Waals surface area (Å²) in [4.78, 5) is 9.57. The quantitative estimate of drug-likeness (QED) is 0.560. The van der Waals surface area contributed by atoms with Crippen LogP contribution >= 0.6 is 0 Å². The highest BCUT2D eigenvalue weighted by Gasteiger charge is 2.26. The predicted molar refractivity (Wildman–Crippen MR) is 122 cm³/mol. The van der Waals surface area contributed by atoms with Crippen LogP contribution < -0.4 is 0 Å². The van der Waals surface area contributed by atoms with E-state index in [4.69, 9.17) is 0 Å². The Kier molecular flexibility index (Phi) is 6.60. The van der Waals surface area contributed by atoms with Gasteiger partial charge in [-0.25, -0.2) is 4.68 Å². The molecule has 3 heterocycles. The molecule has 0 aliphatic carbocycles. The molecule has 5 heteroatoms. The van der Waals surface area contributed by atoms with Crippen LogP contribution in [0.2, 0.25) is 0 Å². The second-order valence-corrected chi connectivity index (χ2v) is 8.50. The smallest absolute Gasteiger partial charge is 0.0719 e. The zero-order valence-corrected chi connectivity index (χ0v) is 18.5. The number of nitrogens with zero attached hydrogens (tertiary/aromatic N) is 5. The average Bonchev–Trinajstić information content (AvgIpc) is 3.40. The van der Waals surface area contributed by atoms with Gasteiger partial charge in [0.15, 0.2) is 0 Å². The molecule has 1 saturated heterocycles. The van der Waals surface area contributed by atoms with E-state index in [0.29, 0.717) is 6.04 Å². The fourth-order valence-corrected chi connectivity index (χ4v) is 4.89.